The van der Waals surface area contributed by atoms with Gasteiger partial charge >= 0.3 is 0 Å². The van der Waals surface area contributed by atoms with Crippen molar-refractivity contribution in [1.29, 1.82) is 0 Å². The topological polar surface area (TPSA) is 80.2 Å². The molecule has 0 atom stereocenters. The maximum atomic E-state index is 4.72. The van der Waals surface area contributed by atoms with Gasteiger partial charge in [0.25, 0.3) is 0 Å². The molecule has 2 aliphatic carbocycles. The van der Waals surface area contributed by atoms with Crippen LogP contribution in [-0.2, 0) is 0 Å². The van der Waals surface area contributed by atoms with E-state index in [4.69, 9.17) is 9.97 Å². The molecule has 4 aromatic rings. The highest BCUT2D eigenvalue weighted by Gasteiger charge is 2.22. The fourth-order valence-electron chi connectivity index (χ4n) is 3.91. The molecule has 3 heterocycles. The Labute approximate surface area is 199 Å². The zero-order valence-electron chi connectivity index (χ0n) is 17.8. The van der Waals surface area contributed by atoms with E-state index in [0.717, 1.165) is 26.7 Å². The molecule has 3 aromatic heterocycles. The molecule has 6 rings (SSSR count). The Morgan fingerprint density at radius 2 is 1.33 bits per heavy atom. The molecule has 162 valence electrons. The molecule has 33 heavy (non-hydrogen) atoms. The van der Waals surface area contributed by atoms with Gasteiger partial charge < -0.3 is 0 Å². The van der Waals surface area contributed by atoms with E-state index >= 15 is 0 Å². The standard InChI is InChI=1S/C25H20N6S2/c1-3-18(4-1)21-14-32-23(26-21)9-7-16-11-17(13-20(12-16)25-28-30-31-29-25)8-10-24-27-22(15-33-24)19-5-2-6-19/h11-15,18-19H,1-6H2,(H,28,29,30,31). The molecule has 6 nitrogen and oxygen atoms in total. The number of H-pyrrole nitrogens is 1. The van der Waals surface area contributed by atoms with Crippen molar-refractivity contribution in [1.82, 2.24) is 30.6 Å². The molecule has 2 fully saturated rings. The van der Waals surface area contributed by atoms with Gasteiger partial charge in [-0.05, 0) is 60.9 Å². The van der Waals surface area contributed by atoms with Gasteiger partial charge in [-0.15, -0.1) is 32.9 Å². The Bertz CT molecular complexity index is 1310. The lowest BCUT2D eigenvalue weighted by Crippen LogP contribution is -2.08. The summed E-state index contributed by atoms with van der Waals surface area (Å²) in [6, 6.07) is 5.91. The molecule has 2 aliphatic rings. The second-order valence-corrected chi connectivity index (χ2v) is 10.2. The molecule has 2 saturated carbocycles. The third-order valence-corrected chi connectivity index (χ3v) is 7.81. The van der Waals surface area contributed by atoms with Crippen molar-refractivity contribution in [2.45, 2.75) is 50.4 Å². The zero-order chi connectivity index (χ0) is 22.0. The summed E-state index contributed by atoms with van der Waals surface area (Å²) in [6.45, 7) is 0. The number of nitrogens with zero attached hydrogens (tertiary/aromatic N) is 5. The Morgan fingerprint density at radius 1 is 0.758 bits per heavy atom. The van der Waals surface area contributed by atoms with Gasteiger partial charge in [-0.2, -0.15) is 5.21 Å². The summed E-state index contributed by atoms with van der Waals surface area (Å²) < 4.78 is 0. The summed E-state index contributed by atoms with van der Waals surface area (Å²) >= 11 is 3.22. The monoisotopic (exact) mass is 468 g/mol. The summed E-state index contributed by atoms with van der Waals surface area (Å²) in [5, 5.41) is 20.4. The first kappa shape index (κ1) is 20.3. The molecule has 0 bridgehead atoms. The molecule has 8 heteroatoms. The van der Waals surface area contributed by atoms with Crippen LogP contribution in [-0.4, -0.2) is 30.6 Å². The number of hydrogen-bond donors (Lipinski definition) is 1. The number of tetrazole rings is 1. The first-order valence-electron chi connectivity index (χ1n) is 11.1. The minimum Gasteiger partial charge on any atom is -0.232 e. The first-order valence-corrected chi connectivity index (χ1v) is 12.9. The lowest BCUT2D eigenvalue weighted by Gasteiger charge is -2.22. The predicted molar refractivity (Wildman–Crippen MR) is 129 cm³/mol. The summed E-state index contributed by atoms with van der Waals surface area (Å²) in [6.07, 6.45) is 7.58. The Hall–Kier alpha value is -3.33. The van der Waals surface area contributed by atoms with Crippen molar-refractivity contribution >= 4 is 22.7 Å². The van der Waals surface area contributed by atoms with Crippen LogP contribution < -0.4 is 0 Å². The summed E-state index contributed by atoms with van der Waals surface area (Å²) in [7, 11) is 0. The number of rotatable bonds is 3. The van der Waals surface area contributed by atoms with Gasteiger partial charge in [0.15, 0.2) is 10.0 Å². The van der Waals surface area contributed by atoms with E-state index in [9.17, 15) is 0 Å². The maximum Gasteiger partial charge on any atom is 0.204 e. The minimum absolute atomic E-state index is 0.518. The van der Waals surface area contributed by atoms with E-state index in [1.165, 1.54) is 49.9 Å². The van der Waals surface area contributed by atoms with Crippen LogP contribution in [0.1, 0.15) is 82.9 Å². The largest absolute Gasteiger partial charge is 0.232 e. The summed E-state index contributed by atoms with van der Waals surface area (Å²) in [4.78, 5) is 9.43. The molecular formula is C25H20N6S2. The van der Waals surface area contributed by atoms with E-state index in [-0.39, 0.29) is 0 Å². The van der Waals surface area contributed by atoms with Crippen LogP contribution in [0.3, 0.4) is 0 Å². The molecular weight excluding hydrogens is 448 g/mol. The van der Waals surface area contributed by atoms with Crippen molar-refractivity contribution in [3.05, 3.63) is 61.5 Å². The van der Waals surface area contributed by atoms with Crippen molar-refractivity contribution in [2.75, 3.05) is 0 Å². The van der Waals surface area contributed by atoms with E-state index in [1.807, 2.05) is 18.2 Å². The Balaban J connectivity index is 1.29. The number of aromatic nitrogens is 6. The first-order chi connectivity index (χ1) is 16.3. The van der Waals surface area contributed by atoms with Crippen LogP contribution in [0.5, 0.6) is 0 Å². The van der Waals surface area contributed by atoms with Crippen molar-refractivity contribution in [3.63, 3.8) is 0 Å². The molecule has 1 aromatic carbocycles. The van der Waals surface area contributed by atoms with Gasteiger partial charge in [0.2, 0.25) is 5.82 Å². The van der Waals surface area contributed by atoms with Gasteiger partial charge in [-0.3, -0.25) is 0 Å². The van der Waals surface area contributed by atoms with Gasteiger partial charge in [-0.1, -0.05) is 24.7 Å². The third kappa shape index (κ3) is 4.45. The third-order valence-electron chi connectivity index (χ3n) is 6.25. The molecule has 0 radical (unpaired) electrons. The van der Waals surface area contributed by atoms with Gasteiger partial charge in [0.1, 0.15) is 0 Å². The number of benzene rings is 1. The smallest absolute Gasteiger partial charge is 0.204 e. The summed E-state index contributed by atoms with van der Waals surface area (Å²) in [5.74, 6) is 14.7. The van der Waals surface area contributed by atoms with Crippen LogP contribution in [0, 0.1) is 23.7 Å². The van der Waals surface area contributed by atoms with E-state index in [2.05, 4.69) is 55.1 Å². The minimum atomic E-state index is 0.518. The van der Waals surface area contributed by atoms with Crippen LogP contribution in [0.15, 0.2) is 29.0 Å². The molecule has 0 amide bonds. The van der Waals surface area contributed by atoms with Gasteiger partial charge in [-0.25, -0.2) is 9.97 Å². The maximum absolute atomic E-state index is 4.72. The fourth-order valence-corrected chi connectivity index (χ4v) is 5.40. The number of hydrogen-bond acceptors (Lipinski definition) is 7. The van der Waals surface area contributed by atoms with E-state index in [1.54, 1.807) is 22.7 Å². The molecule has 1 N–H and O–H groups in total. The average molecular weight is 469 g/mol. The van der Waals surface area contributed by atoms with Crippen LogP contribution in [0.2, 0.25) is 0 Å². The SMILES string of the molecule is C(#Cc1nc(C2CCC2)cs1)c1cc(C#Cc2nc(C3CCC3)cs2)cc(-c2nn[nH]n2)c1. The van der Waals surface area contributed by atoms with E-state index in [0.29, 0.717) is 17.7 Å². The van der Waals surface area contributed by atoms with Crippen molar-refractivity contribution in [2.24, 2.45) is 0 Å². The molecule has 0 aliphatic heterocycles. The Kier molecular flexibility index (Phi) is 5.47. The highest BCUT2D eigenvalue weighted by molar-refractivity contribution is 7.10. The Morgan fingerprint density at radius 3 is 1.79 bits per heavy atom. The highest BCUT2D eigenvalue weighted by Crippen LogP contribution is 2.37. The van der Waals surface area contributed by atoms with Crippen LogP contribution >= 0.6 is 22.7 Å². The summed E-state index contributed by atoms with van der Waals surface area (Å²) in [5.41, 5.74) is 4.88. The fraction of sp³-hybridized carbons (Fsp3) is 0.320. The average Bonchev–Trinajstić information content (AvgIpc) is 3.51. The van der Waals surface area contributed by atoms with Crippen LogP contribution in [0.25, 0.3) is 11.4 Å². The number of aromatic amines is 1. The van der Waals surface area contributed by atoms with Gasteiger partial charge in [0, 0.05) is 39.3 Å². The highest BCUT2D eigenvalue weighted by atomic mass is 32.1. The van der Waals surface area contributed by atoms with Crippen molar-refractivity contribution < 1.29 is 0 Å². The number of thiazole rings is 2. The quantitative estimate of drug-likeness (QED) is 0.423. The van der Waals surface area contributed by atoms with Gasteiger partial charge in [0.05, 0.1) is 11.4 Å². The predicted octanol–water partition coefficient (Wildman–Crippen LogP) is 5.11. The second kappa shape index (κ2) is 8.90. The number of nitrogens with one attached hydrogen (secondary N) is 1. The second-order valence-electron chi connectivity index (χ2n) is 8.45. The molecule has 0 spiro atoms. The van der Waals surface area contributed by atoms with Crippen molar-refractivity contribution in [3.8, 4) is 35.1 Å². The van der Waals surface area contributed by atoms with Crippen LogP contribution in [0.4, 0.5) is 0 Å². The molecule has 0 unspecified atom stereocenters. The lowest BCUT2D eigenvalue weighted by atomic mass is 9.83. The zero-order valence-corrected chi connectivity index (χ0v) is 19.5. The van der Waals surface area contributed by atoms with E-state index < -0.39 is 0 Å². The molecule has 0 saturated heterocycles. The lowest BCUT2D eigenvalue weighted by molar-refractivity contribution is 0.412. The normalized spacial score (nSPS) is 15.6.